The molecule has 4 rings (SSSR count). The summed E-state index contributed by atoms with van der Waals surface area (Å²) in [6, 6.07) is 13.8. The third-order valence-corrected chi connectivity index (χ3v) is 6.17. The normalized spacial score (nSPS) is 15.4. The predicted octanol–water partition coefficient (Wildman–Crippen LogP) is 2.95. The van der Waals surface area contributed by atoms with Gasteiger partial charge in [-0.1, -0.05) is 18.2 Å². The molecule has 0 aliphatic carbocycles. The first-order valence-corrected chi connectivity index (χ1v) is 11.2. The van der Waals surface area contributed by atoms with Gasteiger partial charge in [-0.15, -0.1) is 11.3 Å². The highest BCUT2D eigenvalue weighted by molar-refractivity contribution is 7.13. The van der Waals surface area contributed by atoms with Crippen molar-refractivity contribution in [3.05, 3.63) is 65.3 Å². The summed E-state index contributed by atoms with van der Waals surface area (Å²) < 4.78 is 10.8. The van der Waals surface area contributed by atoms with Crippen LogP contribution in [0.15, 0.2) is 54.0 Å². The minimum atomic E-state index is -0.0374. The first-order chi connectivity index (χ1) is 15.2. The van der Waals surface area contributed by atoms with E-state index in [9.17, 15) is 4.79 Å². The lowest BCUT2D eigenvalue weighted by Crippen LogP contribution is -2.44. The van der Waals surface area contributed by atoms with Gasteiger partial charge in [0, 0.05) is 31.2 Å². The number of nitrogens with zero attached hydrogens (tertiary/aromatic N) is 3. The van der Waals surface area contributed by atoms with E-state index in [-0.39, 0.29) is 18.4 Å². The van der Waals surface area contributed by atoms with Crippen LogP contribution < -0.4 is 10.1 Å². The van der Waals surface area contributed by atoms with Crippen LogP contribution >= 0.6 is 11.3 Å². The molecule has 2 aromatic heterocycles. The Morgan fingerprint density at radius 3 is 2.74 bits per heavy atom. The molecule has 1 aliphatic rings. The van der Waals surface area contributed by atoms with Crippen molar-refractivity contribution in [3.63, 3.8) is 0 Å². The number of carbonyl (C=O) groups is 1. The maximum atomic E-state index is 12.7. The Balaban J connectivity index is 1.39. The number of carbonyl (C=O) groups excluding carboxylic acids is 1. The Bertz CT molecular complexity index is 972. The molecule has 1 fully saturated rings. The van der Waals surface area contributed by atoms with Crippen molar-refractivity contribution in [3.8, 4) is 16.5 Å². The summed E-state index contributed by atoms with van der Waals surface area (Å²) in [5, 5.41) is 5.85. The second-order valence-electron chi connectivity index (χ2n) is 7.28. The SMILES string of the molecule is COc1ccc(C(CNC(=O)Cc2csc(-c3ccccn3)n2)N2CCOCC2)cc1. The topological polar surface area (TPSA) is 76.6 Å². The van der Waals surface area contributed by atoms with E-state index >= 15 is 0 Å². The van der Waals surface area contributed by atoms with Crippen LogP contribution in [-0.4, -0.2) is 60.7 Å². The lowest BCUT2D eigenvalue weighted by Gasteiger charge is -2.35. The van der Waals surface area contributed by atoms with E-state index in [1.807, 2.05) is 35.7 Å². The number of rotatable bonds is 8. The average Bonchev–Trinajstić information content (AvgIpc) is 3.29. The second-order valence-corrected chi connectivity index (χ2v) is 8.14. The molecule has 1 unspecified atom stereocenters. The summed E-state index contributed by atoms with van der Waals surface area (Å²) in [6.07, 6.45) is 2.00. The molecular weight excluding hydrogens is 412 g/mol. The van der Waals surface area contributed by atoms with E-state index in [0.29, 0.717) is 19.8 Å². The summed E-state index contributed by atoms with van der Waals surface area (Å²) >= 11 is 1.50. The van der Waals surface area contributed by atoms with Gasteiger partial charge in [0.25, 0.3) is 0 Å². The Hall–Kier alpha value is -2.81. The minimum Gasteiger partial charge on any atom is -0.497 e. The van der Waals surface area contributed by atoms with Crippen LogP contribution in [0.2, 0.25) is 0 Å². The molecule has 162 valence electrons. The highest BCUT2D eigenvalue weighted by Crippen LogP contribution is 2.24. The first-order valence-electron chi connectivity index (χ1n) is 10.3. The molecule has 1 saturated heterocycles. The molecule has 3 heterocycles. The minimum absolute atomic E-state index is 0.0374. The van der Waals surface area contributed by atoms with Gasteiger partial charge in [-0.3, -0.25) is 14.7 Å². The van der Waals surface area contributed by atoms with E-state index in [4.69, 9.17) is 9.47 Å². The lowest BCUT2D eigenvalue weighted by molar-refractivity contribution is -0.120. The molecule has 0 spiro atoms. The van der Waals surface area contributed by atoms with Crippen molar-refractivity contribution in [1.82, 2.24) is 20.2 Å². The van der Waals surface area contributed by atoms with Crippen molar-refractivity contribution in [1.29, 1.82) is 0 Å². The van der Waals surface area contributed by atoms with Crippen LogP contribution in [-0.2, 0) is 16.0 Å². The van der Waals surface area contributed by atoms with Crippen LogP contribution in [0.25, 0.3) is 10.7 Å². The lowest BCUT2D eigenvalue weighted by atomic mass is 10.0. The third-order valence-electron chi connectivity index (χ3n) is 5.26. The van der Waals surface area contributed by atoms with E-state index < -0.39 is 0 Å². The number of benzene rings is 1. The monoisotopic (exact) mass is 438 g/mol. The van der Waals surface area contributed by atoms with E-state index in [2.05, 4.69) is 32.3 Å². The van der Waals surface area contributed by atoms with Gasteiger partial charge in [0.05, 0.1) is 44.2 Å². The van der Waals surface area contributed by atoms with Crippen molar-refractivity contribution >= 4 is 17.2 Å². The van der Waals surface area contributed by atoms with Gasteiger partial charge in [-0.2, -0.15) is 0 Å². The van der Waals surface area contributed by atoms with Gasteiger partial charge < -0.3 is 14.8 Å². The zero-order chi connectivity index (χ0) is 21.5. The highest BCUT2D eigenvalue weighted by Gasteiger charge is 2.23. The highest BCUT2D eigenvalue weighted by atomic mass is 32.1. The number of aromatic nitrogens is 2. The van der Waals surface area contributed by atoms with Crippen molar-refractivity contribution in [2.75, 3.05) is 40.0 Å². The number of amides is 1. The largest absolute Gasteiger partial charge is 0.497 e. The molecule has 0 saturated carbocycles. The van der Waals surface area contributed by atoms with Gasteiger partial charge in [-0.25, -0.2) is 4.98 Å². The molecule has 0 radical (unpaired) electrons. The molecular formula is C23H26N4O3S. The fourth-order valence-electron chi connectivity index (χ4n) is 3.61. The number of methoxy groups -OCH3 is 1. The number of pyridine rings is 1. The average molecular weight is 439 g/mol. The van der Waals surface area contributed by atoms with Crippen LogP contribution in [0, 0.1) is 0 Å². The zero-order valence-corrected chi connectivity index (χ0v) is 18.3. The van der Waals surface area contributed by atoms with Crippen LogP contribution in [0.1, 0.15) is 17.3 Å². The quantitative estimate of drug-likeness (QED) is 0.583. The number of nitrogens with one attached hydrogen (secondary N) is 1. The van der Waals surface area contributed by atoms with Gasteiger partial charge in [0.15, 0.2) is 0 Å². The molecule has 1 atom stereocenters. The second kappa shape index (κ2) is 10.5. The summed E-state index contributed by atoms with van der Waals surface area (Å²) in [5.41, 5.74) is 2.73. The molecule has 1 N–H and O–H groups in total. The zero-order valence-electron chi connectivity index (χ0n) is 17.5. The number of ether oxygens (including phenoxy) is 2. The molecule has 8 heteroatoms. The van der Waals surface area contributed by atoms with Crippen LogP contribution in [0.4, 0.5) is 0 Å². The summed E-state index contributed by atoms with van der Waals surface area (Å²) in [4.78, 5) is 23.9. The Kier molecular flexibility index (Phi) is 7.24. The van der Waals surface area contributed by atoms with Crippen molar-refractivity contribution < 1.29 is 14.3 Å². The Morgan fingerprint density at radius 2 is 2.03 bits per heavy atom. The van der Waals surface area contributed by atoms with Gasteiger partial charge >= 0.3 is 0 Å². The molecule has 1 amide bonds. The Morgan fingerprint density at radius 1 is 1.23 bits per heavy atom. The summed E-state index contributed by atoms with van der Waals surface area (Å²) in [7, 11) is 1.66. The van der Waals surface area contributed by atoms with Gasteiger partial charge in [-0.05, 0) is 29.8 Å². The summed E-state index contributed by atoms with van der Waals surface area (Å²) in [6.45, 7) is 3.62. The third kappa shape index (κ3) is 5.66. The number of thiazole rings is 1. The fourth-order valence-corrected chi connectivity index (χ4v) is 4.40. The van der Waals surface area contributed by atoms with Crippen molar-refractivity contribution in [2.45, 2.75) is 12.5 Å². The van der Waals surface area contributed by atoms with Crippen molar-refractivity contribution in [2.24, 2.45) is 0 Å². The standard InChI is InChI=1S/C23H26N4O3S/c1-29-19-7-5-17(6-8-19)21(27-10-12-30-13-11-27)15-25-22(28)14-18-16-31-23(26-18)20-4-2-3-9-24-20/h2-9,16,21H,10-15H2,1H3,(H,25,28). The molecule has 1 aromatic carbocycles. The first kappa shape index (κ1) is 21.4. The van der Waals surface area contributed by atoms with E-state index in [0.717, 1.165) is 40.8 Å². The molecule has 1 aliphatic heterocycles. The number of hydrogen-bond acceptors (Lipinski definition) is 7. The van der Waals surface area contributed by atoms with Gasteiger partial charge in [0.2, 0.25) is 5.91 Å². The van der Waals surface area contributed by atoms with E-state index in [1.165, 1.54) is 11.3 Å². The van der Waals surface area contributed by atoms with Crippen LogP contribution in [0.3, 0.4) is 0 Å². The van der Waals surface area contributed by atoms with Crippen LogP contribution in [0.5, 0.6) is 5.75 Å². The molecule has 3 aromatic rings. The van der Waals surface area contributed by atoms with E-state index in [1.54, 1.807) is 13.3 Å². The maximum absolute atomic E-state index is 12.7. The fraction of sp³-hybridized carbons (Fsp3) is 0.348. The Labute approximate surface area is 186 Å². The molecule has 0 bridgehead atoms. The number of hydrogen-bond donors (Lipinski definition) is 1. The number of morpholine rings is 1. The predicted molar refractivity (Wildman–Crippen MR) is 120 cm³/mol. The summed E-state index contributed by atoms with van der Waals surface area (Å²) in [5.74, 6) is 0.783. The maximum Gasteiger partial charge on any atom is 0.226 e. The smallest absolute Gasteiger partial charge is 0.226 e. The van der Waals surface area contributed by atoms with Gasteiger partial charge in [0.1, 0.15) is 10.8 Å². The molecule has 31 heavy (non-hydrogen) atoms. The molecule has 7 nitrogen and oxygen atoms in total.